The van der Waals surface area contributed by atoms with Crippen LogP contribution < -0.4 is 10.6 Å². The number of hydrogen-bond acceptors (Lipinski definition) is 3. The number of nitrogens with one attached hydrogen (secondary N) is 2. The third-order valence-electron chi connectivity index (χ3n) is 2.96. The number of amides is 1. The Morgan fingerprint density at radius 1 is 1.24 bits per heavy atom. The maximum atomic E-state index is 12.0. The van der Waals surface area contributed by atoms with E-state index >= 15 is 0 Å². The van der Waals surface area contributed by atoms with Crippen molar-refractivity contribution in [1.82, 2.24) is 0 Å². The zero-order valence-electron chi connectivity index (χ0n) is 9.36. The lowest BCUT2D eigenvalue weighted by Crippen LogP contribution is -2.31. The first-order valence-electron chi connectivity index (χ1n) is 5.46. The van der Waals surface area contributed by atoms with Crippen LogP contribution in [0.3, 0.4) is 0 Å². The maximum Gasteiger partial charge on any atom is 0.253 e. The van der Waals surface area contributed by atoms with Gasteiger partial charge < -0.3 is 9.73 Å². The Bertz CT molecular complexity index is 574. The highest BCUT2D eigenvalue weighted by Gasteiger charge is 2.29. The monoisotopic (exact) mass is 228 g/mol. The predicted octanol–water partition coefficient (Wildman–Crippen LogP) is 2.69. The lowest BCUT2D eigenvalue weighted by Gasteiger charge is -2.24. The SMILES string of the molecule is Cc1ccccc1C1Nc2ccoc2NC1=O. The molecule has 0 fully saturated rings. The van der Waals surface area contributed by atoms with Crippen molar-refractivity contribution in [3.8, 4) is 0 Å². The van der Waals surface area contributed by atoms with Gasteiger partial charge in [-0.25, -0.2) is 0 Å². The van der Waals surface area contributed by atoms with E-state index < -0.39 is 0 Å². The Kier molecular flexibility index (Phi) is 2.14. The summed E-state index contributed by atoms with van der Waals surface area (Å²) in [6, 6.07) is 9.29. The van der Waals surface area contributed by atoms with Gasteiger partial charge in [0.25, 0.3) is 5.91 Å². The molecule has 2 N–H and O–H groups in total. The zero-order chi connectivity index (χ0) is 11.8. The van der Waals surface area contributed by atoms with Gasteiger partial charge in [-0.1, -0.05) is 24.3 Å². The van der Waals surface area contributed by atoms with Crippen molar-refractivity contribution in [3.63, 3.8) is 0 Å². The smallest absolute Gasteiger partial charge is 0.253 e. The summed E-state index contributed by atoms with van der Waals surface area (Å²) in [4.78, 5) is 12.0. The van der Waals surface area contributed by atoms with Crippen LogP contribution >= 0.6 is 0 Å². The summed E-state index contributed by atoms with van der Waals surface area (Å²) >= 11 is 0. The first-order valence-corrected chi connectivity index (χ1v) is 5.46. The van der Waals surface area contributed by atoms with Crippen LogP contribution in [0.25, 0.3) is 0 Å². The van der Waals surface area contributed by atoms with Crippen LogP contribution in [0, 0.1) is 6.92 Å². The molecular formula is C13H12N2O2. The topological polar surface area (TPSA) is 54.3 Å². The molecule has 1 aromatic carbocycles. The van der Waals surface area contributed by atoms with E-state index in [1.807, 2.05) is 31.2 Å². The maximum absolute atomic E-state index is 12.0. The van der Waals surface area contributed by atoms with Crippen molar-refractivity contribution in [3.05, 3.63) is 47.7 Å². The van der Waals surface area contributed by atoms with Crippen LogP contribution in [-0.2, 0) is 4.79 Å². The first-order chi connectivity index (χ1) is 8.25. The summed E-state index contributed by atoms with van der Waals surface area (Å²) in [6.45, 7) is 2.00. The van der Waals surface area contributed by atoms with Crippen LogP contribution in [0.4, 0.5) is 11.6 Å². The Labute approximate surface area is 98.6 Å². The molecule has 1 aliphatic rings. The molecular weight excluding hydrogens is 216 g/mol. The van der Waals surface area contributed by atoms with Crippen molar-refractivity contribution < 1.29 is 9.21 Å². The lowest BCUT2D eigenvalue weighted by atomic mass is 9.99. The van der Waals surface area contributed by atoms with E-state index in [1.165, 1.54) is 0 Å². The van der Waals surface area contributed by atoms with Crippen molar-refractivity contribution in [2.45, 2.75) is 13.0 Å². The number of fused-ring (bicyclic) bond motifs is 1. The van der Waals surface area contributed by atoms with Gasteiger partial charge in [-0.15, -0.1) is 0 Å². The third kappa shape index (κ3) is 1.58. The molecule has 1 unspecified atom stereocenters. The molecule has 1 aromatic heterocycles. The van der Waals surface area contributed by atoms with Crippen LogP contribution in [0.5, 0.6) is 0 Å². The molecule has 1 amide bonds. The van der Waals surface area contributed by atoms with Gasteiger partial charge >= 0.3 is 0 Å². The third-order valence-corrected chi connectivity index (χ3v) is 2.96. The molecule has 2 aromatic rings. The molecule has 1 aliphatic heterocycles. The molecule has 17 heavy (non-hydrogen) atoms. The van der Waals surface area contributed by atoms with Gasteiger partial charge in [0.2, 0.25) is 5.88 Å². The highest BCUT2D eigenvalue weighted by molar-refractivity contribution is 6.02. The van der Waals surface area contributed by atoms with Crippen LogP contribution in [0.1, 0.15) is 17.2 Å². The van der Waals surface area contributed by atoms with Crippen molar-refractivity contribution >= 4 is 17.5 Å². The summed E-state index contributed by atoms with van der Waals surface area (Å²) in [5.41, 5.74) is 2.89. The highest BCUT2D eigenvalue weighted by Crippen LogP contribution is 2.33. The number of carbonyl (C=O) groups excluding carboxylic acids is 1. The summed E-state index contributed by atoms with van der Waals surface area (Å²) in [5, 5.41) is 5.93. The normalized spacial score (nSPS) is 18.2. The van der Waals surface area contributed by atoms with Crippen LogP contribution in [0.2, 0.25) is 0 Å². The Balaban J connectivity index is 2.01. The number of aryl methyl sites for hydroxylation is 1. The summed E-state index contributed by atoms with van der Waals surface area (Å²) < 4.78 is 5.15. The number of rotatable bonds is 1. The largest absolute Gasteiger partial charge is 0.446 e. The van der Waals surface area contributed by atoms with Gasteiger partial charge in [0.1, 0.15) is 6.04 Å². The van der Waals surface area contributed by atoms with Gasteiger partial charge in [0.15, 0.2) is 0 Å². The fraction of sp³-hybridized carbons (Fsp3) is 0.154. The van der Waals surface area contributed by atoms with E-state index in [-0.39, 0.29) is 11.9 Å². The summed E-state index contributed by atoms with van der Waals surface area (Å²) in [7, 11) is 0. The number of furan rings is 1. The molecule has 0 spiro atoms. The molecule has 0 saturated heterocycles. The van der Waals surface area contributed by atoms with E-state index in [9.17, 15) is 4.79 Å². The number of carbonyl (C=O) groups is 1. The van der Waals surface area contributed by atoms with E-state index in [2.05, 4.69) is 10.6 Å². The molecule has 4 heteroatoms. The molecule has 86 valence electrons. The quantitative estimate of drug-likeness (QED) is 0.789. The second-order valence-electron chi connectivity index (χ2n) is 4.09. The Morgan fingerprint density at radius 2 is 2.06 bits per heavy atom. The second kappa shape index (κ2) is 3.66. The van der Waals surface area contributed by atoms with E-state index in [4.69, 9.17) is 4.42 Å². The van der Waals surface area contributed by atoms with Crippen molar-refractivity contribution in [2.75, 3.05) is 10.6 Å². The molecule has 2 heterocycles. The average molecular weight is 228 g/mol. The minimum absolute atomic E-state index is 0.0956. The molecule has 0 radical (unpaired) electrons. The van der Waals surface area contributed by atoms with Crippen LogP contribution in [-0.4, -0.2) is 5.91 Å². The standard InChI is InChI=1S/C13H12N2O2/c1-8-4-2-3-5-9(8)11-12(16)15-13-10(14-11)6-7-17-13/h2-7,11,14H,1H3,(H,15,16). The molecule has 3 rings (SSSR count). The molecule has 1 atom stereocenters. The van der Waals surface area contributed by atoms with Gasteiger partial charge in [0, 0.05) is 6.07 Å². The minimum Gasteiger partial charge on any atom is -0.446 e. The van der Waals surface area contributed by atoms with E-state index in [0.29, 0.717) is 5.88 Å². The van der Waals surface area contributed by atoms with E-state index in [0.717, 1.165) is 16.8 Å². The fourth-order valence-corrected chi connectivity index (χ4v) is 2.05. The van der Waals surface area contributed by atoms with Crippen molar-refractivity contribution in [2.24, 2.45) is 0 Å². The molecule has 0 aliphatic carbocycles. The zero-order valence-corrected chi connectivity index (χ0v) is 9.36. The van der Waals surface area contributed by atoms with Gasteiger partial charge in [-0.05, 0) is 18.1 Å². The predicted molar refractivity (Wildman–Crippen MR) is 64.9 cm³/mol. The molecule has 0 saturated carbocycles. The van der Waals surface area contributed by atoms with Gasteiger partial charge in [-0.2, -0.15) is 0 Å². The average Bonchev–Trinajstić information content (AvgIpc) is 2.76. The van der Waals surface area contributed by atoms with Gasteiger partial charge in [0.05, 0.1) is 12.0 Å². The number of benzene rings is 1. The Hall–Kier alpha value is -2.23. The first kappa shape index (κ1) is 9.96. The van der Waals surface area contributed by atoms with E-state index in [1.54, 1.807) is 12.3 Å². The summed E-state index contributed by atoms with van der Waals surface area (Å²) in [5.74, 6) is 0.390. The Morgan fingerprint density at radius 3 is 2.88 bits per heavy atom. The second-order valence-corrected chi connectivity index (χ2v) is 4.09. The minimum atomic E-state index is -0.360. The fourth-order valence-electron chi connectivity index (χ4n) is 2.05. The van der Waals surface area contributed by atoms with Crippen LogP contribution in [0.15, 0.2) is 41.0 Å². The van der Waals surface area contributed by atoms with Gasteiger partial charge in [-0.3, -0.25) is 10.1 Å². The summed E-state index contributed by atoms with van der Waals surface area (Å²) in [6.07, 6.45) is 1.55. The molecule has 4 nitrogen and oxygen atoms in total. The lowest BCUT2D eigenvalue weighted by molar-refractivity contribution is -0.117. The molecule has 0 bridgehead atoms. The highest BCUT2D eigenvalue weighted by atomic mass is 16.3. The number of hydrogen-bond donors (Lipinski definition) is 2. The van der Waals surface area contributed by atoms with Crippen molar-refractivity contribution in [1.29, 1.82) is 0 Å². The number of anilines is 2.